The van der Waals surface area contributed by atoms with E-state index >= 15 is 0 Å². The van der Waals surface area contributed by atoms with Crippen LogP contribution in [0.25, 0.3) is 0 Å². The number of unbranched alkanes of at least 4 members (excludes halogenated alkanes) is 2. The first-order valence-corrected chi connectivity index (χ1v) is 4.24. The molecule has 12 heavy (non-hydrogen) atoms. The minimum atomic E-state index is 0.588. The summed E-state index contributed by atoms with van der Waals surface area (Å²) in [5.74, 6) is 0.588. The third-order valence-electron chi connectivity index (χ3n) is 1.50. The molecular weight excluding hydrogens is 152 g/mol. The van der Waals surface area contributed by atoms with Crippen LogP contribution in [0, 0.1) is 6.20 Å². The van der Waals surface area contributed by atoms with E-state index in [0.29, 0.717) is 5.88 Å². The van der Waals surface area contributed by atoms with E-state index in [2.05, 4.69) is 23.1 Å². The van der Waals surface area contributed by atoms with E-state index in [9.17, 15) is 0 Å². The van der Waals surface area contributed by atoms with Crippen LogP contribution < -0.4 is 4.74 Å². The highest BCUT2D eigenvalue weighted by atomic mass is 16.5. The summed E-state index contributed by atoms with van der Waals surface area (Å²) < 4.78 is 5.31. The Bertz CT molecular complexity index is 201. The Kier molecular flexibility index (Phi) is 4.13. The number of aromatic nitrogens is 2. The van der Waals surface area contributed by atoms with Crippen LogP contribution in [0.5, 0.6) is 5.88 Å². The van der Waals surface area contributed by atoms with Gasteiger partial charge in [-0.25, -0.2) is 9.97 Å². The lowest BCUT2D eigenvalue weighted by molar-refractivity contribution is 0.293. The molecule has 0 atom stereocenters. The number of nitrogens with zero attached hydrogens (tertiary/aromatic N) is 2. The van der Waals surface area contributed by atoms with E-state index in [1.54, 1.807) is 6.20 Å². The van der Waals surface area contributed by atoms with E-state index < -0.39 is 0 Å². The summed E-state index contributed by atoms with van der Waals surface area (Å²) in [5.41, 5.74) is 0. The quantitative estimate of drug-likeness (QED) is 0.624. The molecule has 0 aliphatic rings. The third-order valence-corrected chi connectivity index (χ3v) is 1.50. The second kappa shape index (κ2) is 5.52. The van der Waals surface area contributed by atoms with Crippen molar-refractivity contribution in [2.24, 2.45) is 0 Å². The molecule has 1 rings (SSSR count). The average Bonchev–Trinajstić information content (AvgIpc) is 2.14. The van der Waals surface area contributed by atoms with E-state index in [-0.39, 0.29) is 0 Å². The predicted molar refractivity (Wildman–Crippen MR) is 45.9 cm³/mol. The molecule has 0 spiro atoms. The Balaban J connectivity index is 2.16. The van der Waals surface area contributed by atoms with Gasteiger partial charge in [0.1, 0.15) is 6.20 Å². The summed E-state index contributed by atoms with van der Waals surface area (Å²) in [6.07, 6.45) is 9.16. The first-order chi connectivity index (χ1) is 5.93. The molecule has 0 aromatic carbocycles. The van der Waals surface area contributed by atoms with Crippen LogP contribution in [0.1, 0.15) is 26.2 Å². The van der Waals surface area contributed by atoms with Crippen molar-refractivity contribution in [1.82, 2.24) is 9.97 Å². The van der Waals surface area contributed by atoms with Gasteiger partial charge in [0.05, 0.1) is 19.0 Å². The number of hydrogen-bond donors (Lipinski definition) is 0. The zero-order valence-electron chi connectivity index (χ0n) is 7.29. The van der Waals surface area contributed by atoms with Gasteiger partial charge in [-0.2, -0.15) is 0 Å². The van der Waals surface area contributed by atoms with E-state index in [1.807, 2.05) is 0 Å². The van der Waals surface area contributed by atoms with Gasteiger partial charge in [0.25, 0.3) is 0 Å². The maximum Gasteiger partial charge on any atom is 0.232 e. The standard InChI is InChI=1S/C9H13N2O/c1-2-3-4-7-12-9-8-10-5-6-11-9/h6,8H,2-4,7H2,1H3. The molecule has 65 valence electrons. The summed E-state index contributed by atoms with van der Waals surface area (Å²) in [6.45, 7) is 2.89. The Hall–Kier alpha value is -1.12. The largest absolute Gasteiger partial charge is 0.477 e. The first kappa shape index (κ1) is 8.97. The Morgan fingerprint density at radius 1 is 1.50 bits per heavy atom. The molecule has 3 nitrogen and oxygen atoms in total. The second-order valence-corrected chi connectivity index (χ2v) is 2.54. The van der Waals surface area contributed by atoms with Gasteiger partial charge >= 0.3 is 0 Å². The molecule has 0 amide bonds. The summed E-state index contributed by atoms with van der Waals surface area (Å²) in [6, 6.07) is 0. The summed E-state index contributed by atoms with van der Waals surface area (Å²) in [4.78, 5) is 7.71. The fourth-order valence-corrected chi connectivity index (χ4v) is 0.855. The maximum atomic E-state index is 5.31. The molecule has 0 aliphatic carbocycles. The first-order valence-electron chi connectivity index (χ1n) is 4.24. The molecule has 0 saturated heterocycles. The number of ether oxygens (including phenoxy) is 1. The molecule has 1 radical (unpaired) electrons. The Morgan fingerprint density at radius 2 is 2.42 bits per heavy atom. The molecule has 0 bridgehead atoms. The van der Waals surface area contributed by atoms with Crippen molar-refractivity contribution in [2.75, 3.05) is 6.61 Å². The zero-order chi connectivity index (χ0) is 8.65. The number of rotatable bonds is 5. The highest BCUT2D eigenvalue weighted by molar-refractivity contribution is 5.00. The molecule has 1 aromatic rings. The van der Waals surface area contributed by atoms with Crippen molar-refractivity contribution in [2.45, 2.75) is 26.2 Å². The van der Waals surface area contributed by atoms with Crippen LogP contribution >= 0.6 is 0 Å². The van der Waals surface area contributed by atoms with E-state index in [0.717, 1.165) is 13.0 Å². The van der Waals surface area contributed by atoms with E-state index in [1.165, 1.54) is 19.0 Å². The van der Waals surface area contributed by atoms with Gasteiger partial charge in [-0.15, -0.1) is 0 Å². The highest BCUT2D eigenvalue weighted by Crippen LogP contribution is 2.02. The van der Waals surface area contributed by atoms with Crippen LogP contribution in [-0.4, -0.2) is 16.6 Å². The fraction of sp³-hybridized carbons (Fsp3) is 0.556. The van der Waals surface area contributed by atoms with Gasteiger partial charge in [-0.05, 0) is 6.42 Å². The molecule has 0 saturated carbocycles. The van der Waals surface area contributed by atoms with Crippen molar-refractivity contribution < 1.29 is 4.74 Å². The summed E-state index contributed by atoms with van der Waals surface area (Å²) in [7, 11) is 0. The normalized spacial score (nSPS) is 9.75. The lowest BCUT2D eigenvalue weighted by Gasteiger charge is -2.02. The second-order valence-electron chi connectivity index (χ2n) is 2.54. The van der Waals surface area contributed by atoms with Crippen LogP contribution in [0.2, 0.25) is 0 Å². The molecule has 0 N–H and O–H groups in total. The third kappa shape index (κ3) is 3.32. The van der Waals surface area contributed by atoms with Crippen molar-refractivity contribution in [3.05, 3.63) is 18.6 Å². The lowest BCUT2D eigenvalue weighted by Crippen LogP contribution is -1.98. The maximum absolute atomic E-state index is 5.31. The molecule has 3 heteroatoms. The van der Waals surface area contributed by atoms with Gasteiger partial charge in [-0.1, -0.05) is 19.8 Å². The molecule has 1 heterocycles. The Labute approximate surface area is 72.8 Å². The fourth-order valence-electron chi connectivity index (χ4n) is 0.855. The smallest absolute Gasteiger partial charge is 0.232 e. The lowest BCUT2D eigenvalue weighted by atomic mass is 10.3. The van der Waals surface area contributed by atoms with Gasteiger partial charge in [0.15, 0.2) is 0 Å². The zero-order valence-corrected chi connectivity index (χ0v) is 7.29. The van der Waals surface area contributed by atoms with Crippen molar-refractivity contribution >= 4 is 0 Å². The SMILES string of the molecule is CCCCCOc1cn[c]cn1. The monoisotopic (exact) mass is 165 g/mol. The van der Waals surface area contributed by atoms with Crippen molar-refractivity contribution in [3.63, 3.8) is 0 Å². The molecule has 0 aliphatic heterocycles. The molecular formula is C9H13N2O. The van der Waals surface area contributed by atoms with Crippen molar-refractivity contribution in [1.29, 1.82) is 0 Å². The van der Waals surface area contributed by atoms with Gasteiger partial charge in [0, 0.05) is 0 Å². The summed E-state index contributed by atoms with van der Waals surface area (Å²) in [5, 5.41) is 0. The Morgan fingerprint density at radius 3 is 3.08 bits per heavy atom. The van der Waals surface area contributed by atoms with Crippen molar-refractivity contribution in [3.8, 4) is 5.88 Å². The summed E-state index contributed by atoms with van der Waals surface area (Å²) >= 11 is 0. The van der Waals surface area contributed by atoms with Crippen LogP contribution in [-0.2, 0) is 0 Å². The molecule has 1 aromatic heterocycles. The highest BCUT2D eigenvalue weighted by Gasteiger charge is 1.92. The van der Waals surface area contributed by atoms with Crippen LogP contribution in [0.4, 0.5) is 0 Å². The minimum Gasteiger partial charge on any atom is -0.477 e. The van der Waals surface area contributed by atoms with Crippen LogP contribution in [0.3, 0.4) is 0 Å². The molecule has 0 fully saturated rings. The predicted octanol–water partition coefficient (Wildman–Crippen LogP) is 1.85. The minimum absolute atomic E-state index is 0.588. The molecule has 0 unspecified atom stereocenters. The average molecular weight is 165 g/mol. The topological polar surface area (TPSA) is 35.0 Å². The van der Waals surface area contributed by atoms with Gasteiger partial charge in [0.2, 0.25) is 5.88 Å². The number of hydrogen-bond acceptors (Lipinski definition) is 3. The van der Waals surface area contributed by atoms with Crippen LogP contribution in [0.15, 0.2) is 12.4 Å². The van der Waals surface area contributed by atoms with Gasteiger partial charge < -0.3 is 4.74 Å². The van der Waals surface area contributed by atoms with Gasteiger partial charge in [-0.3, -0.25) is 0 Å². The van der Waals surface area contributed by atoms with E-state index in [4.69, 9.17) is 4.74 Å².